The van der Waals surface area contributed by atoms with E-state index in [0.717, 1.165) is 0 Å². The summed E-state index contributed by atoms with van der Waals surface area (Å²) >= 11 is 0. The molecule has 0 unspecified atom stereocenters. The van der Waals surface area contributed by atoms with Gasteiger partial charge >= 0.3 is 5.97 Å². The van der Waals surface area contributed by atoms with Crippen LogP contribution in [0.2, 0.25) is 0 Å². The predicted molar refractivity (Wildman–Crippen MR) is 73.5 cm³/mol. The van der Waals surface area contributed by atoms with Crippen molar-refractivity contribution in [2.75, 3.05) is 7.11 Å². The highest BCUT2D eigenvalue weighted by atomic mass is 19.1. The number of benzene rings is 1. The van der Waals surface area contributed by atoms with Crippen LogP contribution in [-0.4, -0.2) is 25.0 Å². The quantitative estimate of drug-likeness (QED) is 0.812. The SMILES string of the molecule is COC(=O)[C@@H](CC(C)C)NC(=O)Cc1cccc(F)c1. The molecule has 0 aromatic heterocycles. The Morgan fingerprint density at radius 2 is 2.05 bits per heavy atom. The molecule has 0 fully saturated rings. The van der Waals surface area contributed by atoms with Gasteiger partial charge in [0, 0.05) is 0 Å². The lowest BCUT2D eigenvalue weighted by Crippen LogP contribution is -2.43. The third-order valence-electron chi connectivity index (χ3n) is 2.78. The summed E-state index contributed by atoms with van der Waals surface area (Å²) in [7, 11) is 1.29. The molecule has 0 heterocycles. The summed E-state index contributed by atoms with van der Waals surface area (Å²) in [4.78, 5) is 23.5. The van der Waals surface area contributed by atoms with E-state index in [-0.39, 0.29) is 24.1 Å². The van der Waals surface area contributed by atoms with Crippen molar-refractivity contribution < 1.29 is 18.7 Å². The molecule has 0 aliphatic carbocycles. The van der Waals surface area contributed by atoms with Crippen LogP contribution in [0.4, 0.5) is 4.39 Å². The van der Waals surface area contributed by atoms with Crippen molar-refractivity contribution in [1.29, 1.82) is 0 Å². The van der Waals surface area contributed by atoms with E-state index in [2.05, 4.69) is 10.1 Å². The van der Waals surface area contributed by atoms with Crippen LogP contribution in [0.15, 0.2) is 24.3 Å². The highest BCUT2D eigenvalue weighted by Crippen LogP contribution is 2.08. The molecule has 1 atom stereocenters. The zero-order chi connectivity index (χ0) is 15.1. The van der Waals surface area contributed by atoms with E-state index in [0.29, 0.717) is 12.0 Å². The maximum Gasteiger partial charge on any atom is 0.328 e. The first-order chi connectivity index (χ1) is 9.42. The smallest absolute Gasteiger partial charge is 0.328 e. The van der Waals surface area contributed by atoms with Crippen LogP contribution in [0.3, 0.4) is 0 Å². The minimum Gasteiger partial charge on any atom is -0.467 e. The molecule has 4 nitrogen and oxygen atoms in total. The van der Waals surface area contributed by atoms with Gasteiger partial charge in [-0.3, -0.25) is 4.79 Å². The lowest BCUT2D eigenvalue weighted by molar-refractivity contribution is -0.145. The van der Waals surface area contributed by atoms with Gasteiger partial charge in [0.15, 0.2) is 0 Å². The fourth-order valence-corrected chi connectivity index (χ4v) is 1.91. The zero-order valence-corrected chi connectivity index (χ0v) is 12.0. The van der Waals surface area contributed by atoms with Crippen molar-refractivity contribution in [2.24, 2.45) is 5.92 Å². The Bertz CT molecular complexity index is 474. The Morgan fingerprint density at radius 1 is 1.35 bits per heavy atom. The monoisotopic (exact) mass is 281 g/mol. The van der Waals surface area contributed by atoms with Gasteiger partial charge in [0.05, 0.1) is 13.5 Å². The Balaban J connectivity index is 2.64. The lowest BCUT2D eigenvalue weighted by Gasteiger charge is -2.18. The first-order valence-corrected chi connectivity index (χ1v) is 6.54. The summed E-state index contributed by atoms with van der Waals surface area (Å²) in [5.74, 6) is -0.937. The van der Waals surface area contributed by atoms with E-state index in [9.17, 15) is 14.0 Å². The highest BCUT2D eigenvalue weighted by molar-refractivity contribution is 5.85. The number of hydrogen-bond donors (Lipinski definition) is 1. The van der Waals surface area contributed by atoms with E-state index in [1.807, 2.05) is 13.8 Å². The first kappa shape index (κ1) is 16.1. The average Bonchev–Trinajstić information content (AvgIpc) is 2.36. The summed E-state index contributed by atoms with van der Waals surface area (Å²) in [5, 5.41) is 2.63. The molecular formula is C15H20FNO3. The van der Waals surface area contributed by atoms with E-state index >= 15 is 0 Å². The summed E-state index contributed by atoms with van der Waals surface area (Å²) in [6.45, 7) is 3.91. The molecule has 1 aromatic rings. The Labute approximate surface area is 118 Å². The Morgan fingerprint density at radius 3 is 2.60 bits per heavy atom. The Kier molecular flexibility index (Phi) is 6.15. The van der Waals surface area contributed by atoms with Crippen LogP contribution in [0, 0.1) is 11.7 Å². The second-order valence-corrected chi connectivity index (χ2v) is 5.08. The number of nitrogens with one attached hydrogen (secondary N) is 1. The fourth-order valence-electron chi connectivity index (χ4n) is 1.91. The maximum atomic E-state index is 13.0. The van der Waals surface area contributed by atoms with Crippen LogP contribution in [-0.2, 0) is 20.7 Å². The largest absolute Gasteiger partial charge is 0.467 e. The fraction of sp³-hybridized carbons (Fsp3) is 0.467. The molecule has 0 saturated carbocycles. The van der Waals surface area contributed by atoms with Gasteiger partial charge in [-0.25, -0.2) is 9.18 Å². The molecule has 0 saturated heterocycles. The molecule has 5 heteroatoms. The number of carbonyl (C=O) groups is 2. The number of rotatable bonds is 6. The highest BCUT2D eigenvalue weighted by Gasteiger charge is 2.22. The minimum absolute atomic E-state index is 0.0311. The normalized spacial score (nSPS) is 12.1. The second kappa shape index (κ2) is 7.62. The number of hydrogen-bond acceptors (Lipinski definition) is 3. The molecule has 0 aliphatic rings. The second-order valence-electron chi connectivity index (χ2n) is 5.08. The standard InChI is InChI=1S/C15H20FNO3/c1-10(2)7-13(15(19)20-3)17-14(18)9-11-5-4-6-12(16)8-11/h4-6,8,10,13H,7,9H2,1-3H3,(H,17,18)/t13-/m1/s1. The zero-order valence-electron chi connectivity index (χ0n) is 12.0. The van der Waals surface area contributed by atoms with Gasteiger partial charge in [0.2, 0.25) is 5.91 Å². The van der Waals surface area contributed by atoms with Crippen molar-refractivity contribution in [1.82, 2.24) is 5.32 Å². The molecule has 0 spiro atoms. The Hall–Kier alpha value is -1.91. The van der Waals surface area contributed by atoms with Gasteiger partial charge in [-0.05, 0) is 30.0 Å². The number of methoxy groups -OCH3 is 1. The third-order valence-corrected chi connectivity index (χ3v) is 2.78. The van der Waals surface area contributed by atoms with E-state index in [1.165, 1.54) is 19.2 Å². The third kappa shape index (κ3) is 5.38. The van der Waals surface area contributed by atoms with Gasteiger partial charge in [-0.2, -0.15) is 0 Å². The van der Waals surface area contributed by atoms with Crippen molar-refractivity contribution in [3.05, 3.63) is 35.6 Å². The number of ether oxygens (including phenoxy) is 1. The van der Waals surface area contributed by atoms with Crippen LogP contribution in [0.1, 0.15) is 25.8 Å². The number of amides is 1. The maximum absolute atomic E-state index is 13.0. The molecule has 0 aliphatic heterocycles. The van der Waals surface area contributed by atoms with Crippen molar-refractivity contribution in [2.45, 2.75) is 32.7 Å². The van der Waals surface area contributed by atoms with Crippen LogP contribution < -0.4 is 5.32 Å². The predicted octanol–water partition coefficient (Wildman–Crippen LogP) is 2.07. The summed E-state index contributed by atoms with van der Waals surface area (Å²) < 4.78 is 17.7. The topological polar surface area (TPSA) is 55.4 Å². The summed E-state index contributed by atoms with van der Waals surface area (Å²) in [5.41, 5.74) is 0.565. The van der Waals surface area contributed by atoms with Gasteiger partial charge in [0.1, 0.15) is 11.9 Å². The summed E-state index contributed by atoms with van der Waals surface area (Å²) in [6.07, 6.45) is 0.533. The molecule has 1 aromatic carbocycles. The van der Waals surface area contributed by atoms with E-state index in [1.54, 1.807) is 12.1 Å². The molecule has 0 bridgehead atoms. The van der Waals surface area contributed by atoms with Crippen LogP contribution in [0.25, 0.3) is 0 Å². The number of esters is 1. The average molecular weight is 281 g/mol. The molecule has 20 heavy (non-hydrogen) atoms. The van der Waals surface area contributed by atoms with Gasteiger partial charge in [0.25, 0.3) is 0 Å². The van der Waals surface area contributed by atoms with Crippen LogP contribution >= 0.6 is 0 Å². The molecule has 1 rings (SSSR count). The van der Waals surface area contributed by atoms with Crippen molar-refractivity contribution in [3.63, 3.8) is 0 Å². The van der Waals surface area contributed by atoms with E-state index in [4.69, 9.17) is 0 Å². The minimum atomic E-state index is -0.666. The molecular weight excluding hydrogens is 261 g/mol. The number of halogens is 1. The van der Waals surface area contributed by atoms with E-state index < -0.39 is 12.0 Å². The lowest BCUT2D eigenvalue weighted by atomic mass is 10.0. The molecule has 110 valence electrons. The van der Waals surface area contributed by atoms with Crippen molar-refractivity contribution >= 4 is 11.9 Å². The van der Waals surface area contributed by atoms with Crippen molar-refractivity contribution in [3.8, 4) is 0 Å². The van der Waals surface area contributed by atoms with Crippen LogP contribution in [0.5, 0.6) is 0 Å². The molecule has 1 amide bonds. The molecule has 1 N–H and O–H groups in total. The summed E-state index contributed by atoms with van der Waals surface area (Å²) in [6, 6.07) is 5.16. The number of carbonyl (C=O) groups excluding carboxylic acids is 2. The van der Waals surface area contributed by atoms with Gasteiger partial charge in [-0.15, -0.1) is 0 Å². The van der Waals surface area contributed by atoms with Gasteiger partial charge < -0.3 is 10.1 Å². The molecule has 0 radical (unpaired) electrons. The van der Waals surface area contributed by atoms with Gasteiger partial charge in [-0.1, -0.05) is 26.0 Å². The first-order valence-electron chi connectivity index (χ1n) is 6.54.